The first-order chi connectivity index (χ1) is 10.6. The highest BCUT2D eigenvalue weighted by Gasteiger charge is 2.20. The summed E-state index contributed by atoms with van der Waals surface area (Å²) in [4.78, 5) is 18.5. The molecule has 11 heteroatoms. The van der Waals surface area contributed by atoms with Crippen molar-refractivity contribution >= 4 is 34.6 Å². The lowest BCUT2D eigenvalue weighted by Crippen LogP contribution is -1.97. The van der Waals surface area contributed by atoms with Crippen LogP contribution in [0.15, 0.2) is 30.3 Å². The summed E-state index contributed by atoms with van der Waals surface area (Å²) < 4.78 is 36.9. The monoisotopic (exact) mass is 368 g/mol. The first-order valence-corrected chi connectivity index (χ1v) is 6.28. The highest BCUT2D eigenvalue weighted by molar-refractivity contribution is 6.42. The molecule has 122 valence electrons. The van der Waals surface area contributed by atoms with Crippen LogP contribution in [0.1, 0.15) is 0 Å². The number of halogens is 5. The van der Waals surface area contributed by atoms with E-state index < -0.39 is 33.0 Å². The minimum Gasteiger partial charge on any atom is -0.258 e. The van der Waals surface area contributed by atoms with Crippen LogP contribution < -0.4 is 0 Å². The predicted molar refractivity (Wildman–Crippen MR) is 76.1 cm³/mol. The Kier molecular flexibility index (Phi) is 6.28. The average molecular weight is 369 g/mol. The van der Waals surface area contributed by atoms with Crippen LogP contribution in [0.25, 0.3) is 0 Å². The van der Waals surface area contributed by atoms with Gasteiger partial charge in [0, 0.05) is 18.2 Å². The molecule has 6 nitrogen and oxygen atoms in total. The summed E-state index contributed by atoms with van der Waals surface area (Å²) in [5.74, 6) is -5.05. The molecule has 0 saturated heterocycles. The summed E-state index contributed by atoms with van der Waals surface area (Å²) in [5.41, 5.74) is -1.13. The smallest absolute Gasteiger partial charge is 0.258 e. The summed E-state index contributed by atoms with van der Waals surface area (Å²) in [6.45, 7) is 0. The summed E-state index contributed by atoms with van der Waals surface area (Å²) in [5, 5.41) is 20.6. The highest BCUT2D eigenvalue weighted by Crippen LogP contribution is 2.25. The van der Waals surface area contributed by atoms with Crippen molar-refractivity contribution in [3.63, 3.8) is 0 Å². The molecule has 2 aromatic carbocycles. The van der Waals surface area contributed by atoms with E-state index in [0.29, 0.717) is 17.2 Å². The van der Waals surface area contributed by atoms with Crippen LogP contribution >= 0.6 is 23.2 Å². The largest absolute Gasteiger partial charge is 0.308 e. The number of benzene rings is 2. The van der Waals surface area contributed by atoms with Gasteiger partial charge in [0.25, 0.3) is 5.69 Å². The van der Waals surface area contributed by atoms with Gasteiger partial charge in [-0.25, -0.2) is 8.78 Å². The maximum atomic E-state index is 12.5. The van der Waals surface area contributed by atoms with E-state index in [1.807, 2.05) is 0 Å². The van der Waals surface area contributed by atoms with Gasteiger partial charge in [-0.15, -0.1) is 0 Å². The summed E-state index contributed by atoms with van der Waals surface area (Å²) in [6, 6.07) is 4.96. The Labute approximate surface area is 136 Å². The molecule has 0 heterocycles. The summed E-state index contributed by atoms with van der Waals surface area (Å²) in [6.07, 6.45) is 0. The van der Waals surface area contributed by atoms with E-state index in [4.69, 9.17) is 23.2 Å². The molecule has 0 amide bonds. The molecule has 0 unspecified atom stereocenters. The number of nitro groups is 2. The second kappa shape index (κ2) is 7.75. The topological polar surface area (TPSA) is 86.3 Å². The van der Waals surface area contributed by atoms with Crippen molar-refractivity contribution in [1.82, 2.24) is 0 Å². The first-order valence-electron chi connectivity index (χ1n) is 5.52. The van der Waals surface area contributed by atoms with Crippen molar-refractivity contribution in [2.75, 3.05) is 0 Å². The van der Waals surface area contributed by atoms with Crippen molar-refractivity contribution < 1.29 is 23.0 Å². The van der Waals surface area contributed by atoms with Crippen molar-refractivity contribution in [2.24, 2.45) is 0 Å². The van der Waals surface area contributed by atoms with Crippen molar-refractivity contribution in [3.8, 4) is 0 Å². The van der Waals surface area contributed by atoms with Gasteiger partial charge < -0.3 is 0 Å². The standard InChI is InChI=1S/C6H3Cl2NO2.C6H2F3NO2/c7-5-2-1-4(9(10)11)3-6(5)8;7-3-1-2-4(10(11)12)6(9)5(3)8/h1-3H;1-2H. The Morgan fingerprint density at radius 1 is 0.826 bits per heavy atom. The average Bonchev–Trinajstić information content (AvgIpc) is 2.48. The molecule has 0 atom stereocenters. The van der Waals surface area contributed by atoms with E-state index in [1.54, 1.807) is 0 Å². The van der Waals surface area contributed by atoms with Crippen LogP contribution in [0.2, 0.25) is 10.0 Å². The van der Waals surface area contributed by atoms with Crippen LogP contribution in [0.5, 0.6) is 0 Å². The molecule has 0 fully saturated rings. The molecule has 0 radical (unpaired) electrons. The molecule has 0 aromatic heterocycles. The van der Waals surface area contributed by atoms with Crippen LogP contribution in [-0.2, 0) is 0 Å². The Hall–Kier alpha value is -2.39. The Bertz CT molecular complexity index is 774. The molecule has 0 N–H and O–H groups in total. The lowest BCUT2D eigenvalue weighted by Gasteiger charge is -1.95. The summed E-state index contributed by atoms with van der Waals surface area (Å²) in [7, 11) is 0. The number of hydrogen-bond donors (Lipinski definition) is 0. The second-order valence-corrected chi connectivity index (χ2v) is 4.62. The number of rotatable bonds is 2. The fourth-order valence-corrected chi connectivity index (χ4v) is 1.55. The Morgan fingerprint density at radius 3 is 1.91 bits per heavy atom. The molecule has 0 spiro atoms. The lowest BCUT2D eigenvalue weighted by atomic mass is 10.3. The number of nitro benzene ring substituents is 2. The van der Waals surface area contributed by atoms with Crippen LogP contribution in [0.4, 0.5) is 24.5 Å². The molecular weight excluding hydrogens is 364 g/mol. The third kappa shape index (κ3) is 4.80. The van der Waals surface area contributed by atoms with Crippen LogP contribution in [-0.4, -0.2) is 9.85 Å². The van der Waals surface area contributed by atoms with E-state index in [1.165, 1.54) is 18.2 Å². The molecule has 0 aliphatic rings. The molecule has 0 aliphatic heterocycles. The normalized spacial score (nSPS) is 9.78. The van der Waals surface area contributed by atoms with Crippen molar-refractivity contribution in [3.05, 3.63) is 78.1 Å². The predicted octanol–water partition coefficient (Wildman–Crippen LogP) is 4.91. The van der Waals surface area contributed by atoms with E-state index in [9.17, 15) is 33.4 Å². The van der Waals surface area contributed by atoms with Crippen LogP contribution in [0, 0.1) is 37.7 Å². The Balaban J connectivity index is 0.000000231. The fourth-order valence-electron chi connectivity index (χ4n) is 1.26. The molecule has 0 bridgehead atoms. The third-order valence-electron chi connectivity index (χ3n) is 2.33. The van der Waals surface area contributed by atoms with Crippen LogP contribution in [0.3, 0.4) is 0 Å². The number of nitrogens with zero attached hydrogens (tertiary/aromatic N) is 2. The zero-order valence-electron chi connectivity index (χ0n) is 10.8. The van der Waals surface area contributed by atoms with Gasteiger partial charge in [0.2, 0.25) is 11.6 Å². The SMILES string of the molecule is O=[N+]([O-])c1ccc(Cl)c(Cl)c1.O=[N+]([O-])c1ccc(F)c(F)c1F. The number of hydrogen-bond acceptors (Lipinski definition) is 4. The second-order valence-electron chi connectivity index (χ2n) is 3.81. The zero-order valence-corrected chi connectivity index (χ0v) is 12.3. The molecule has 0 aliphatic carbocycles. The van der Waals surface area contributed by atoms with Gasteiger partial charge >= 0.3 is 5.69 Å². The van der Waals surface area contributed by atoms with E-state index in [-0.39, 0.29) is 10.7 Å². The quantitative estimate of drug-likeness (QED) is 0.427. The minimum atomic E-state index is -1.83. The van der Waals surface area contributed by atoms with Crippen molar-refractivity contribution in [2.45, 2.75) is 0 Å². The van der Waals surface area contributed by atoms with Gasteiger partial charge in [0.15, 0.2) is 5.82 Å². The third-order valence-corrected chi connectivity index (χ3v) is 3.06. The van der Waals surface area contributed by atoms with Gasteiger partial charge in [0.05, 0.1) is 19.9 Å². The maximum Gasteiger partial charge on any atom is 0.308 e. The zero-order chi connectivity index (χ0) is 17.7. The van der Waals surface area contributed by atoms with Gasteiger partial charge in [-0.1, -0.05) is 23.2 Å². The van der Waals surface area contributed by atoms with Crippen molar-refractivity contribution in [1.29, 1.82) is 0 Å². The van der Waals surface area contributed by atoms with E-state index >= 15 is 0 Å². The lowest BCUT2D eigenvalue weighted by molar-refractivity contribution is -0.387. The molecule has 2 aromatic rings. The maximum absolute atomic E-state index is 12.5. The van der Waals surface area contributed by atoms with Gasteiger partial charge in [-0.3, -0.25) is 20.2 Å². The van der Waals surface area contributed by atoms with E-state index in [0.717, 1.165) is 0 Å². The highest BCUT2D eigenvalue weighted by atomic mass is 35.5. The molecule has 23 heavy (non-hydrogen) atoms. The minimum absolute atomic E-state index is 0.0561. The molecular formula is C12H5Cl2F3N2O4. The first kappa shape index (κ1) is 18.7. The van der Waals surface area contributed by atoms with Gasteiger partial charge in [-0.05, 0) is 12.1 Å². The number of non-ortho nitro benzene ring substituents is 1. The molecule has 0 saturated carbocycles. The van der Waals surface area contributed by atoms with E-state index in [2.05, 4.69) is 0 Å². The fraction of sp³-hybridized carbons (Fsp3) is 0. The molecule has 2 rings (SSSR count). The Morgan fingerprint density at radius 2 is 1.43 bits per heavy atom. The summed E-state index contributed by atoms with van der Waals surface area (Å²) >= 11 is 11.1. The van der Waals surface area contributed by atoms with Gasteiger partial charge in [0.1, 0.15) is 0 Å². The van der Waals surface area contributed by atoms with Gasteiger partial charge in [-0.2, -0.15) is 4.39 Å².